The number of benzene rings is 2. The molecule has 0 saturated heterocycles. The maximum absolute atomic E-state index is 6.40. The van der Waals surface area contributed by atoms with Crippen LogP contribution in [0.3, 0.4) is 0 Å². The number of nitrogens with one attached hydrogen (secondary N) is 1. The van der Waals surface area contributed by atoms with Gasteiger partial charge in [-0.15, -0.1) is 0 Å². The van der Waals surface area contributed by atoms with Crippen molar-refractivity contribution in [2.75, 3.05) is 26.9 Å². The number of methoxy groups -OCH3 is 1. The highest BCUT2D eigenvalue weighted by molar-refractivity contribution is 6.33. The van der Waals surface area contributed by atoms with Crippen molar-refractivity contribution in [1.29, 1.82) is 0 Å². The van der Waals surface area contributed by atoms with Gasteiger partial charge in [-0.05, 0) is 48.1 Å². The fourth-order valence-electron chi connectivity index (χ4n) is 4.93. The minimum atomic E-state index is 0.562. The first-order valence-corrected chi connectivity index (χ1v) is 11.8. The van der Waals surface area contributed by atoms with Gasteiger partial charge in [-0.3, -0.25) is 4.90 Å². The standard InChI is InChI=1S/C26H30ClN3O2/c1-31-12-13-32-17-18-6-7-19-8-9-21(15-20(19)14-18)30-11-10-24-25(16-30)29-26(28-24)22-4-2-3-5-23(22)27/h2-7,14,21H,8-13,15-17H2,1H3,(H,28,29). The lowest BCUT2D eigenvalue weighted by atomic mass is 9.86. The maximum Gasteiger partial charge on any atom is 0.139 e. The molecule has 32 heavy (non-hydrogen) atoms. The van der Waals surface area contributed by atoms with Gasteiger partial charge in [0.15, 0.2) is 0 Å². The van der Waals surface area contributed by atoms with Crippen molar-refractivity contribution < 1.29 is 9.47 Å². The lowest BCUT2D eigenvalue weighted by molar-refractivity contribution is 0.0616. The maximum atomic E-state index is 6.40. The molecule has 168 valence electrons. The van der Waals surface area contributed by atoms with Crippen LogP contribution in [-0.4, -0.2) is 47.8 Å². The average Bonchev–Trinajstić information content (AvgIpc) is 3.25. The van der Waals surface area contributed by atoms with E-state index in [1.807, 2.05) is 24.3 Å². The molecule has 3 aromatic rings. The van der Waals surface area contributed by atoms with Gasteiger partial charge in [-0.1, -0.05) is 41.9 Å². The molecule has 5 rings (SSSR count). The summed E-state index contributed by atoms with van der Waals surface area (Å²) in [7, 11) is 1.70. The minimum Gasteiger partial charge on any atom is -0.382 e. The number of H-pyrrole nitrogens is 1. The molecule has 5 nitrogen and oxygen atoms in total. The first-order valence-electron chi connectivity index (χ1n) is 11.5. The molecule has 1 N–H and O–H groups in total. The van der Waals surface area contributed by atoms with Crippen molar-refractivity contribution in [1.82, 2.24) is 14.9 Å². The zero-order valence-corrected chi connectivity index (χ0v) is 19.3. The predicted octanol–water partition coefficient (Wildman–Crippen LogP) is 4.81. The van der Waals surface area contributed by atoms with Crippen molar-refractivity contribution in [3.8, 4) is 11.4 Å². The van der Waals surface area contributed by atoms with Gasteiger partial charge in [-0.2, -0.15) is 0 Å². The van der Waals surface area contributed by atoms with Crippen LogP contribution >= 0.6 is 11.6 Å². The molecule has 1 unspecified atom stereocenters. The molecule has 0 spiro atoms. The summed E-state index contributed by atoms with van der Waals surface area (Å²) in [5.41, 5.74) is 7.60. The number of rotatable bonds is 7. The lowest BCUT2D eigenvalue weighted by Crippen LogP contribution is -2.42. The third-order valence-electron chi connectivity index (χ3n) is 6.68. The van der Waals surface area contributed by atoms with Gasteiger partial charge in [-0.25, -0.2) is 4.98 Å². The van der Waals surface area contributed by atoms with Crippen molar-refractivity contribution >= 4 is 11.6 Å². The van der Waals surface area contributed by atoms with Crippen LogP contribution in [0.15, 0.2) is 42.5 Å². The van der Waals surface area contributed by atoms with Crippen LogP contribution in [0.1, 0.15) is 34.5 Å². The van der Waals surface area contributed by atoms with Crippen molar-refractivity contribution in [3.63, 3.8) is 0 Å². The van der Waals surface area contributed by atoms with E-state index >= 15 is 0 Å². The zero-order chi connectivity index (χ0) is 21.9. The van der Waals surface area contributed by atoms with Crippen LogP contribution in [0.25, 0.3) is 11.4 Å². The number of aromatic nitrogens is 2. The highest BCUT2D eigenvalue weighted by Crippen LogP contribution is 2.31. The molecule has 1 aromatic heterocycles. The van der Waals surface area contributed by atoms with E-state index < -0.39 is 0 Å². The Morgan fingerprint density at radius 1 is 1.12 bits per heavy atom. The normalized spacial score (nSPS) is 18.4. The van der Waals surface area contributed by atoms with Crippen LogP contribution < -0.4 is 0 Å². The summed E-state index contributed by atoms with van der Waals surface area (Å²) < 4.78 is 10.8. The number of fused-ring (bicyclic) bond motifs is 2. The number of aromatic amines is 1. The molecular weight excluding hydrogens is 422 g/mol. The summed E-state index contributed by atoms with van der Waals surface area (Å²) >= 11 is 6.40. The molecular formula is C26H30ClN3O2. The summed E-state index contributed by atoms with van der Waals surface area (Å²) in [6, 6.07) is 15.3. The van der Waals surface area contributed by atoms with Gasteiger partial charge < -0.3 is 14.5 Å². The quantitative estimate of drug-likeness (QED) is 0.524. The fraction of sp³-hybridized carbons (Fsp3) is 0.423. The fourth-order valence-corrected chi connectivity index (χ4v) is 5.16. The summed E-state index contributed by atoms with van der Waals surface area (Å²) in [5, 5.41) is 0.737. The Hall–Kier alpha value is -2.18. The summed E-state index contributed by atoms with van der Waals surface area (Å²) in [4.78, 5) is 11.0. The summed E-state index contributed by atoms with van der Waals surface area (Å²) in [5.74, 6) is 0.884. The van der Waals surface area contributed by atoms with Crippen LogP contribution in [0.2, 0.25) is 5.02 Å². The monoisotopic (exact) mass is 451 g/mol. The van der Waals surface area contributed by atoms with Gasteiger partial charge >= 0.3 is 0 Å². The van der Waals surface area contributed by atoms with Gasteiger partial charge in [0.1, 0.15) is 5.82 Å². The number of halogens is 1. The number of ether oxygens (including phenoxy) is 2. The second-order valence-electron chi connectivity index (χ2n) is 8.76. The Kier molecular flexibility index (Phi) is 6.60. The molecule has 0 fully saturated rings. The van der Waals surface area contributed by atoms with E-state index in [2.05, 4.69) is 28.1 Å². The van der Waals surface area contributed by atoms with Gasteiger partial charge in [0.2, 0.25) is 0 Å². The molecule has 0 radical (unpaired) electrons. The second kappa shape index (κ2) is 9.75. The van der Waals surface area contributed by atoms with Crippen molar-refractivity contribution in [2.45, 2.75) is 44.9 Å². The molecule has 1 aliphatic carbocycles. The predicted molar refractivity (Wildman–Crippen MR) is 127 cm³/mol. The minimum absolute atomic E-state index is 0.562. The first-order chi connectivity index (χ1) is 15.7. The topological polar surface area (TPSA) is 50.4 Å². The number of nitrogens with zero attached hydrogens (tertiary/aromatic N) is 2. The van der Waals surface area contributed by atoms with Gasteiger partial charge in [0, 0.05) is 38.2 Å². The smallest absolute Gasteiger partial charge is 0.139 e. The molecule has 2 aromatic carbocycles. The van der Waals surface area contributed by atoms with Crippen molar-refractivity contribution in [2.24, 2.45) is 0 Å². The Bertz CT molecular complexity index is 1080. The van der Waals surface area contributed by atoms with Crippen LogP contribution in [0, 0.1) is 0 Å². The number of imidazole rings is 1. The number of hydrogen-bond donors (Lipinski definition) is 1. The molecule has 1 aliphatic heterocycles. The highest BCUT2D eigenvalue weighted by atomic mass is 35.5. The first kappa shape index (κ1) is 21.7. The van der Waals surface area contributed by atoms with E-state index in [1.54, 1.807) is 7.11 Å². The largest absolute Gasteiger partial charge is 0.382 e. The average molecular weight is 452 g/mol. The number of aryl methyl sites for hydroxylation is 1. The Labute approximate surface area is 194 Å². The molecule has 0 bridgehead atoms. The molecule has 1 atom stereocenters. The Morgan fingerprint density at radius 3 is 2.91 bits per heavy atom. The van der Waals surface area contributed by atoms with Crippen LogP contribution in [0.5, 0.6) is 0 Å². The van der Waals surface area contributed by atoms with E-state index in [9.17, 15) is 0 Å². The molecule has 2 aliphatic rings. The number of hydrogen-bond acceptors (Lipinski definition) is 4. The van der Waals surface area contributed by atoms with E-state index in [1.165, 1.54) is 34.5 Å². The SMILES string of the molecule is COCCOCc1ccc2c(c1)CC(N1CCc3nc(-c4ccccc4Cl)[nH]c3C1)CC2. The van der Waals surface area contributed by atoms with E-state index in [4.69, 9.17) is 26.1 Å². The molecule has 6 heteroatoms. The van der Waals surface area contributed by atoms with Crippen LogP contribution in [-0.2, 0) is 41.9 Å². The third-order valence-corrected chi connectivity index (χ3v) is 7.01. The van der Waals surface area contributed by atoms with E-state index in [0.717, 1.165) is 48.8 Å². The lowest BCUT2D eigenvalue weighted by Gasteiger charge is -2.37. The molecule has 0 saturated carbocycles. The summed E-state index contributed by atoms with van der Waals surface area (Å²) in [6.07, 6.45) is 4.43. The van der Waals surface area contributed by atoms with Crippen LogP contribution in [0.4, 0.5) is 0 Å². The second-order valence-corrected chi connectivity index (χ2v) is 9.16. The molecule has 2 heterocycles. The Morgan fingerprint density at radius 2 is 2.03 bits per heavy atom. The molecule has 0 amide bonds. The van der Waals surface area contributed by atoms with E-state index in [0.29, 0.717) is 25.9 Å². The third kappa shape index (κ3) is 4.62. The highest BCUT2D eigenvalue weighted by Gasteiger charge is 2.29. The Balaban J connectivity index is 1.26. The van der Waals surface area contributed by atoms with Gasteiger partial charge in [0.05, 0.1) is 36.2 Å². The van der Waals surface area contributed by atoms with Gasteiger partial charge in [0.25, 0.3) is 0 Å². The van der Waals surface area contributed by atoms with E-state index in [-0.39, 0.29) is 0 Å². The van der Waals surface area contributed by atoms with Crippen molar-refractivity contribution in [3.05, 3.63) is 75.6 Å². The summed E-state index contributed by atoms with van der Waals surface area (Å²) in [6.45, 7) is 3.89. The zero-order valence-electron chi connectivity index (χ0n) is 18.6.